The highest BCUT2D eigenvalue weighted by Crippen LogP contribution is 2.09. The minimum Gasteiger partial charge on any atom is -0.387 e. The molecule has 0 amide bonds. The van der Waals surface area contributed by atoms with Crippen LogP contribution in [-0.4, -0.2) is 4.21 Å². The van der Waals surface area contributed by atoms with E-state index in [1.54, 1.807) is 0 Å². The number of nitrogens with zero attached hydrogens (tertiary/aromatic N) is 2. The predicted octanol–water partition coefficient (Wildman–Crippen LogP) is -0.840. The van der Waals surface area contributed by atoms with Crippen LogP contribution in [0.1, 0.15) is 0 Å². The summed E-state index contributed by atoms with van der Waals surface area (Å²) in [7, 11) is -1.51. The molecule has 6 heteroatoms. The van der Waals surface area contributed by atoms with Gasteiger partial charge in [-0.1, -0.05) is 4.52 Å². The molecule has 0 aromatic heterocycles. The van der Waals surface area contributed by atoms with Gasteiger partial charge in [0.2, 0.25) is 11.0 Å². The molecule has 0 saturated heterocycles. The summed E-state index contributed by atoms with van der Waals surface area (Å²) in [4.78, 5) is 0. The topological polar surface area (TPSA) is 93.8 Å². The fraction of sp³-hybridized carbons (Fsp3) is 0. The molecule has 0 spiro atoms. The predicted molar refractivity (Wildman–Crippen MR) is 28.4 cm³/mol. The van der Waals surface area contributed by atoms with Crippen molar-refractivity contribution in [2.24, 2.45) is 21.1 Å². The van der Waals surface area contributed by atoms with E-state index in [0.29, 0.717) is 0 Å². The number of nitrogens with two attached hydrogens (primary N) is 2. The second-order valence-electron chi connectivity index (χ2n) is 1.18. The van der Waals surface area contributed by atoms with Crippen LogP contribution in [0, 0.1) is 0 Å². The van der Waals surface area contributed by atoms with E-state index in [9.17, 15) is 4.21 Å². The normalized spacial score (nSPS) is 27.2. The van der Waals surface area contributed by atoms with Gasteiger partial charge in [0.25, 0.3) is 0 Å². The molecule has 0 saturated carbocycles. The maximum atomic E-state index is 10.4. The quantitative estimate of drug-likeness (QED) is 0.450. The molecule has 5 nitrogen and oxygen atoms in total. The fourth-order valence-corrected chi connectivity index (χ4v) is 0.734. The third kappa shape index (κ3) is 0.583. The molecule has 1 atom stereocenters. The molecule has 0 aliphatic carbocycles. The van der Waals surface area contributed by atoms with Gasteiger partial charge < -0.3 is 11.5 Å². The molecular weight excluding hydrogens is 128 g/mol. The lowest BCUT2D eigenvalue weighted by Crippen LogP contribution is -2.06. The van der Waals surface area contributed by atoms with Crippen LogP contribution in [0.5, 0.6) is 0 Å². The van der Waals surface area contributed by atoms with Crippen molar-refractivity contribution in [3.63, 3.8) is 0 Å². The first kappa shape index (κ1) is 5.23. The monoisotopic (exact) mass is 132 g/mol. The van der Waals surface area contributed by atoms with Gasteiger partial charge in [-0.2, -0.15) is 0 Å². The minimum absolute atomic E-state index is 0.0463. The van der Waals surface area contributed by atoms with Gasteiger partial charge in [-0.3, -0.25) is 0 Å². The average molecular weight is 132 g/mol. The zero-order valence-electron chi connectivity index (χ0n) is 3.87. The smallest absolute Gasteiger partial charge is 0.211 e. The molecule has 0 radical (unpaired) electrons. The van der Waals surface area contributed by atoms with E-state index in [2.05, 4.69) is 9.63 Å². The van der Waals surface area contributed by atoms with E-state index in [1.165, 1.54) is 0 Å². The highest BCUT2D eigenvalue weighted by Gasteiger charge is 2.12. The maximum Gasteiger partial charge on any atom is 0.211 e. The summed E-state index contributed by atoms with van der Waals surface area (Å²) in [5.74, 6) is 0.0586. The fourth-order valence-electron chi connectivity index (χ4n) is 0.264. The lowest BCUT2D eigenvalue weighted by atomic mass is 10.8. The molecular formula is C2H4N4OS. The van der Waals surface area contributed by atoms with E-state index < -0.39 is 11.0 Å². The van der Waals surface area contributed by atoms with Crippen molar-refractivity contribution in [1.29, 1.82) is 0 Å². The second-order valence-corrected chi connectivity index (χ2v) is 2.28. The molecule has 0 aromatic carbocycles. The van der Waals surface area contributed by atoms with Crippen LogP contribution in [-0.2, 0) is 11.0 Å². The van der Waals surface area contributed by atoms with Gasteiger partial charge >= 0.3 is 0 Å². The van der Waals surface area contributed by atoms with E-state index >= 15 is 0 Å². The Bertz CT molecular complexity index is 190. The van der Waals surface area contributed by atoms with Crippen molar-refractivity contribution < 1.29 is 4.21 Å². The van der Waals surface area contributed by atoms with Crippen LogP contribution in [0.2, 0.25) is 0 Å². The molecule has 44 valence electrons. The Kier molecular flexibility index (Phi) is 1.01. The molecule has 8 heavy (non-hydrogen) atoms. The van der Waals surface area contributed by atoms with E-state index in [4.69, 9.17) is 11.5 Å². The third-order valence-corrected chi connectivity index (χ3v) is 1.48. The van der Waals surface area contributed by atoms with Gasteiger partial charge in [0, 0.05) is 0 Å². The number of hydrogen-bond donors (Lipinski definition) is 2. The van der Waals surface area contributed by atoms with Crippen LogP contribution in [0.4, 0.5) is 0 Å². The Balaban J connectivity index is 3.02. The highest BCUT2D eigenvalue weighted by molar-refractivity contribution is 7.87. The number of rotatable bonds is 0. The summed E-state index contributed by atoms with van der Waals surface area (Å²) < 4.78 is 13.5. The van der Waals surface area contributed by atoms with Crippen molar-refractivity contribution in [3.05, 3.63) is 10.9 Å². The van der Waals surface area contributed by atoms with E-state index in [-0.39, 0.29) is 10.9 Å². The summed E-state index contributed by atoms with van der Waals surface area (Å²) in [5.41, 5.74) is 10.2. The van der Waals surface area contributed by atoms with Crippen molar-refractivity contribution in [2.75, 3.05) is 0 Å². The highest BCUT2D eigenvalue weighted by atomic mass is 32.2. The van der Waals surface area contributed by atoms with Gasteiger partial charge in [-0.15, -0.1) is 5.11 Å². The van der Waals surface area contributed by atoms with Gasteiger partial charge in [0.15, 0.2) is 10.9 Å². The third-order valence-electron chi connectivity index (χ3n) is 0.663. The van der Waals surface area contributed by atoms with Crippen molar-refractivity contribution in [2.45, 2.75) is 0 Å². The standard InChI is InChI=1S/C2H4N4OS/c3-1-2(4)8(7)6-5-1/h3-4H2. The van der Waals surface area contributed by atoms with E-state index in [1.807, 2.05) is 0 Å². The molecule has 1 heterocycles. The molecule has 4 N–H and O–H groups in total. The Morgan fingerprint density at radius 1 is 1.50 bits per heavy atom. The van der Waals surface area contributed by atoms with Crippen LogP contribution < -0.4 is 11.5 Å². The Morgan fingerprint density at radius 2 is 2.12 bits per heavy atom. The van der Waals surface area contributed by atoms with Crippen LogP contribution in [0.15, 0.2) is 20.5 Å². The Morgan fingerprint density at radius 3 is 2.25 bits per heavy atom. The largest absolute Gasteiger partial charge is 0.387 e. The average Bonchev–Trinajstić information content (AvgIpc) is 1.98. The Hall–Kier alpha value is -0.910. The SMILES string of the molecule is NC1=C(N)S(=O)N=N1. The summed E-state index contributed by atoms with van der Waals surface area (Å²) in [6.45, 7) is 0. The number of hydrogen-bond acceptors (Lipinski definition) is 4. The maximum absolute atomic E-state index is 10.4. The van der Waals surface area contributed by atoms with Crippen LogP contribution in [0.25, 0.3) is 0 Å². The summed E-state index contributed by atoms with van der Waals surface area (Å²) in [5, 5.41) is 3.30. The molecule has 0 fully saturated rings. The zero-order valence-corrected chi connectivity index (χ0v) is 4.68. The molecule has 0 aromatic rings. The summed E-state index contributed by atoms with van der Waals surface area (Å²) >= 11 is 0. The first-order valence-corrected chi connectivity index (χ1v) is 2.91. The second kappa shape index (κ2) is 1.55. The molecule has 1 unspecified atom stereocenters. The zero-order chi connectivity index (χ0) is 6.15. The lowest BCUT2D eigenvalue weighted by molar-refractivity contribution is 0.687. The van der Waals surface area contributed by atoms with Gasteiger partial charge in [-0.05, 0) is 0 Å². The summed E-state index contributed by atoms with van der Waals surface area (Å²) in [6, 6.07) is 0. The Labute approximate surface area is 48.0 Å². The van der Waals surface area contributed by atoms with Crippen molar-refractivity contribution >= 4 is 11.0 Å². The van der Waals surface area contributed by atoms with Crippen molar-refractivity contribution in [1.82, 2.24) is 0 Å². The minimum atomic E-state index is -1.51. The first-order chi connectivity index (χ1) is 3.72. The van der Waals surface area contributed by atoms with Gasteiger partial charge in [0.05, 0.1) is 0 Å². The van der Waals surface area contributed by atoms with Crippen LogP contribution >= 0.6 is 0 Å². The van der Waals surface area contributed by atoms with E-state index in [0.717, 1.165) is 0 Å². The molecule has 1 aliphatic heterocycles. The van der Waals surface area contributed by atoms with Crippen molar-refractivity contribution in [3.8, 4) is 0 Å². The molecule has 1 aliphatic rings. The molecule has 1 rings (SSSR count). The van der Waals surface area contributed by atoms with Gasteiger partial charge in [-0.25, -0.2) is 4.21 Å². The summed E-state index contributed by atoms with van der Waals surface area (Å²) in [6.07, 6.45) is 0. The van der Waals surface area contributed by atoms with Crippen LogP contribution in [0.3, 0.4) is 0 Å². The molecule has 0 bridgehead atoms. The van der Waals surface area contributed by atoms with Gasteiger partial charge in [0.1, 0.15) is 0 Å². The lowest BCUT2D eigenvalue weighted by Gasteiger charge is -1.83. The first-order valence-electron chi connectivity index (χ1n) is 1.80.